The number of rotatable bonds is 3. The average molecular weight is 315 g/mol. The molecule has 2 aromatic rings. The molecule has 0 aliphatic carbocycles. The van der Waals surface area contributed by atoms with Gasteiger partial charge in [0.05, 0.1) is 11.6 Å². The van der Waals surface area contributed by atoms with Gasteiger partial charge >= 0.3 is 11.9 Å². The minimum absolute atomic E-state index is 0.218. The highest BCUT2D eigenvalue weighted by atomic mass is 79.9. The lowest BCUT2D eigenvalue weighted by molar-refractivity contribution is 0.0545. The third kappa shape index (κ3) is 2.73. The quantitative estimate of drug-likeness (QED) is 0.814. The van der Waals surface area contributed by atoms with Crippen molar-refractivity contribution in [2.24, 2.45) is 0 Å². The van der Waals surface area contributed by atoms with Gasteiger partial charge < -0.3 is 9.26 Å². The number of methoxy groups -OCH3 is 1. The summed E-state index contributed by atoms with van der Waals surface area (Å²) < 4.78 is 22.8. The monoisotopic (exact) mass is 314 g/mol. The molecule has 0 saturated carbocycles. The molecule has 0 aliphatic heterocycles. The van der Waals surface area contributed by atoms with E-state index in [4.69, 9.17) is 4.52 Å². The third-order valence-electron chi connectivity index (χ3n) is 2.17. The molecule has 94 valence electrons. The molecule has 0 atom stereocenters. The number of aromatic nitrogens is 2. The Labute approximate surface area is 110 Å². The second kappa shape index (κ2) is 5.26. The number of carbonyl (C=O) groups is 1. The fourth-order valence-electron chi connectivity index (χ4n) is 1.33. The van der Waals surface area contributed by atoms with E-state index in [1.807, 2.05) is 0 Å². The number of ether oxygens (including phenoxy) is 1. The van der Waals surface area contributed by atoms with Crippen molar-refractivity contribution in [3.8, 4) is 0 Å². The van der Waals surface area contributed by atoms with E-state index in [1.54, 1.807) is 12.1 Å². The van der Waals surface area contributed by atoms with E-state index >= 15 is 0 Å². The minimum Gasteiger partial charge on any atom is -0.462 e. The Morgan fingerprint density at radius 1 is 1.56 bits per heavy atom. The van der Waals surface area contributed by atoms with E-state index in [-0.39, 0.29) is 24.0 Å². The summed E-state index contributed by atoms with van der Waals surface area (Å²) in [6, 6.07) is 4.67. The smallest absolute Gasteiger partial charge is 0.397 e. The maximum atomic E-state index is 13.3. The van der Waals surface area contributed by atoms with E-state index in [1.165, 1.54) is 13.2 Å². The molecule has 2 rings (SSSR count). The van der Waals surface area contributed by atoms with E-state index in [2.05, 4.69) is 30.8 Å². The summed E-state index contributed by atoms with van der Waals surface area (Å²) in [6.45, 7) is 0. The molecular formula is C11H8BrFN2O3. The number of hydrogen-bond acceptors (Lipinski definition) is 5. The van der Waals surface area contributed by atoms with Crippen molar-refractivity contribution in [1.29, 1.82) is 0 Å². The highest BCUT2D eigenvalue weighted by Gasteiger charge is 2.15. The van der Waals surface area contributed by atoms with Gasteiger partial charge in [0.15, 0.2) is 5.82 Å². The van der Waals surface area contributed by atoms with Gasteiger partial charge in [0, 0.05) is 6.42 Å². The molecule has 0 radical (unpaired) electrons. The molecule has 0 unspecified atom stereocenters. The van der Waals surface area contributed by atoms with Gasteiger partial charge in [-0.1, -0.05) is 11.2 Å². The second-order valence-electron chi connectivity index (χ2n) is 3.43. The summed E-state index contributed by atoms with van der Waals surface area (Å²) in [5.74, 6) is -0.998. The fourth-order valence-corrected chi connectivity index (χ4v) is 1.57. The topological polar surface area (TPSA) is 65.2 Å². The van der Waals surface area contributed by atoms with Crippen LogP contribution in [-0.4, -0.2) is 23.2 Å². The maximum Gasteiger partial charge on any atom is 0.397 e. The van der Waals surface area contributed by atoms with Gasteiger partial charge in [0.2, 0.25) is 0 Å². The molecule has 0 N–H and O–H groups in total. The number of carbonyl (C=O) groups excluding carboxylic acids is 1. The Bertz CT molecular complexity index is 585. The lowest BCUT2D eigenvalue weighted by Crippen LogP contribution is -2.01. The molecule has 0 bridgehead atoms. The number of halogens is 2. The predicted octanol–water partition coefficient (Wildman–Crippen LogP) is 2.35. The van der Waals surface area contributed by atoms with Crippen LogP contribution in [0.25, 0.3) is 0 Å². The van der Waals surface area contributed by atoms with Gasteiger partial charge in [-0.2, -0.15) is 4.98 Å². The first-order valence-electron chi connectivity index (χ1n) is 4.95. The van der Waals surface area contributed by atoms with Crippen LogP contribution >= 0.6 is 15.9 Å². The molecule has 0 spiro atoms. The lowest BCUT2D eigenvalue weighted by Gasteiger charge is -1.98. The Morgan fingerprint density at radius 2 is 2.33 bits per heavy atom. The summed E-state index contributed by atoms with van der Waals surface area (Å²) in [4.78, 5) is 14.9. The molecule has 0 saturated heterocycles. The molecule has 5 nitrogen and oxygen atoms in total. The first-order valence-corrected chi connectivity index (χ1v) is 5.74. The van der Waals surface area contributed by atoms with Crippen LogP contribution in [0.4, 0.5) is 4.39 Å². The zero-order valence-corrected chi connectivity index (χ0v) is 10.9. The van der Waals surface area contributed by atoms with Crippen molar-refractivity contribution in [1.82, 2.24) is 10.1 Å². The second-order valence-corrected chi connectivity index (χ2v) is 4.29. The minimum atomic E-state index is -0.698. The van der Waals surface area contributed by atoms with Crippen molar-refractivity contribution < 1.29 is 18.4 Å². The largest absolute Gasteiger partial charge is 0.462 e. The van der Waals surface area contributed by atoms with Crippen LogP contribution in [-0.2, 0) is 11.2 Å². The molecule has 7 heteroatoms. The van der Waals surface area contributed by atoms with Gasteiger partial charge in [-0.15, -0.1) is 0 Å². The zero-order chi connectivity index (χ0) is 13.1. The molecule has 18 heavy (non-hydrogen) atoms. The summed E-state index contributed by atoms with van der Waals surface area (Å²) in [5, 5.41) is 3.61. The first kappa shape index (κ1) is 12.7. The van der Waals surface area contributed by atoms with Gasteiger partial charge in [-0.05, 0) is 33.6 Å². The van der Waals surface area contributed by atoms with Gasteiger partial charge in [-0.3, -0.25) is 0 Å². The number of nitrogens with zero attached hydrogens (tertiary/aromatic N) is 2. The van der Waals surface area contributed by atoms with Crippen LogP contribution < -0.4 is 0 Å². The van der Waals surface area contributed by atoms with Gasteiger partial charge in [-0.25, -0.2) is 9.18 Å². The van der Waals surface area contributed by atoms with Crippen molar-refractivity contribution in [2.45, 2.75) is 6.42 Å². The van der Waals surface area contributed by atoms with Crippen molar-refractivity contribution in [2.75, 3.05) is 7.11 Å². The van der Waals surface area contributed by atoms with Crippen LogP contribution in [0.15, 0.2) is 27.2 Å². The molecule has 0 amide bonds. The van der Waals surface area contributed by atoms with Crippen molar-refractivity contribution in [3.05, 3.63) is 45.8 Å². The maximum absolute atomic E-state index is 13.3. The summed E-state index contributed by atoms with van der Waals surface area (Å²) in [5.41, 5.74) is 0.674. The van der Waals surface area contributed by atoms with Crippen LogP contribution in [0.1, 0.15) is 22.1 Å². The van der Waals surface area contributed by atoms with Crippen LogP contribution in [0.2, 0.25) is 0 Å². The molecular weight excluding hydrogens is 307 g/mol. The highest BCUT2D eigenvalue weighted by Crippen LogP contribution is 2.17. The standard InChI is InChI=1S/C11H8BrFN2O3/c1-17-11(16)10-14-9(15-18-10)5-6-2-3-7(12)8(13)4-6/h2-4H,5H2,1H3. The predicted molar refractivity (Wildman–Crippen MR) is 62.5 cm³/mol. The SMILES string of the molecule is COC(=O)c1nc(Cc2ccc(Br)c(F)c2)no1. The fraction of sp³-hybridized carbons (Fsp3) is 0.182. The normalized spacial score (nSPS) is 10.4. The number of benzene rings is 1. The third-order valence-corrected chi connectivity index (χ3v) is 2.82. The zero-order valence-electron chi connectivity index (χ0n) is 9.31. The lowest BCUT2D eigenvalue weighted by atomic mass is 10.1. The van der Waals surface area contributed by atoms with Crippen LogP contribution in [0.3, 0.4) is 0 Å². The summed E-state index contributed by atoms with van der Waals surface area (Å²) in [7, 11) is 1.22. The molecule has 1 heterocycles. The van der Waals surface area contributed by atoms with Crippen molar-refractivity contribution in [3.63, 3.8) is 0 Å². The highest BCUT2D eigenvalue weighted by molar-refractivity contribution is 9.10. The van der Waals surface area contributed by atoms with Gasteiger partial charge in [0.25, 0.3) is 0 Å². The molecule has 1 aromatic carbocycles. The van der Waals surface area contributed by atoms with E-state index in [9.17, 15) is 9.18 Å². The Balaban J connectivity index is 2.16. The van der Waals surface area contributed by atoms with Gasteiger partial charge in [0.1, 0.15) is 5.82 Å². The molecule has 0 aliphatic rings. The first-order chi connectivity index (χ1) is 8.60. The molecule has 0 fully saturated rings. The Kier molecular flexibility index (Phi) is 3.71. The Hall–Kier alpha value is -1.76. The van der Waals surface area contributed by atoms with E-state index < -0.39 is 5.97 Å². The summed E-state index contributed by atoms with van der Waals surface area (Å²) in [6.07, 6.45) is 0.269. The average Bonchev–Trinajstić information content (AvgIpc) is 2.81. The van der Waals surface area contributed by atoms with Crippen LogP contribution in [0, 0.1) is 5.82 Å². The number of esters is 1. The summed E-state index contributed by atoms with van der Waals surface area (Å²) >= 11 is 3.06. The van der Waals surface area contributed by atoms with E-state index in [0.717, 1.165) is 0 Å². The van der Waals surface area contributed by atoms with Crippen LogP contribution in [0.5, 0.6) is 0 Å². The van der Waals surface area contributed by atoms with Crippen molar-refractivity contribution >= 4 is 21.9 Å². The number of hydrogen-bond donors (Lipinski definition) is 0. The molecule has 1 aromatic heterocycles. The Morgan fingerprint density at radius 3 is 3.00 bits per heavy atom. The van der Waals surface area contributed by atoms with E-state index in [0.29, 0.717) is 10.0 Å².